The van der Waals surface area contributed by atoms with Crippen molar-refractivity contribution in [2.45, 2.75) is 51.7 Å². The van der Waals surface area contributed by atoms with Gasteiger partial charge in [-0.25, -0.2) is 9.48 Å². The summed E-state index contributed by atoms with van der Waals surface area (Å²) in [6.07, 6.45) is 5.16. The quantitative estimate of drug-likeness (QED) is 0.621. The van der Waals surface area contributed by atoms with Crippen molar-refractivity contribution in [3.63, 3.8) is 0 Å². The van der Waals surface area contributed by atoms with E-state index in [0.29, 0.717) is 24.0 Å². The molecule has 1 aromatic heterocycles. The Labute approximate surface area is 141 Å². The maximum absolute atomic E-state index is 12.5. The van der Waals surface area contributed by atoms with Gasteiger partial charge in [0.05, 0.1) is 18.4 Å². The summed E-state index contributed by atoms with van der Waals surface area (Å²) in [7, 11) is 0. The average Bonchev–Trinajstić information content (AvgIpc) is 2.93. The molecular weight excluding hydrogens is 314 g/mol. The molecule has 0 radical (unpaired) electrons. The van der Waals surface area contributed by atoms with Gasteiger partial charge in [0.2, 0.25) is 5.88 Å². The average molecular weight is 339 g/mol. The number of aryl methyl sites for hydroxylation is 1. The number of rotatable bonds is 4. The highest BCUT2D eigenvalue weighted by molar-refractivity contribution is 7.96. The van der Waals surface area contributed by atoms with Crippen molar-refractivity contribution < 1.29 is 14.3 Å². The molecule has 1 atom stereocenters. The Morgan fingerprint density at radius 1 is 1.35 bits per heavy atom. The highest BCUT2D eigenvalue weighted by Gasteiger charge is 2.34. The van der Waals surface area contributed by atoms with Gasteiger partial charge in [-0.2, -0.15) is 5.10 Å². The number of carbonyl (C=O) groups is 1. The lowest BCUT2D eigenvalue weighted by atomic mass is 9.92. The molecule has 1 saturated heterocycles. The van der Waals surface area contributed by atoms with Crippen molar-refractivity contribution in [1.82, 2.24) is 14.1 Å². The molecule has 7 heteroatoms. The molecule has 0 bridgehead atoms. The first-order valence-electron chi connectivity index (χ1n) is 8.37. The zero-order valence-corrected chi connectivity index (χ0v) is 14.9. The van der Waals surface area contributed by atoms with Crippen molar-refractivity contribution >= 4 is 17.9 Å². The number of fused-ring (bicyclic) bond motifs is 1. The van der Waals surface area contributed by atoms with E-state index < -0.39 is 0 Å². The van der Waals surface area contributed by atoms with E-state index in [-0.39, 0.29) is 12.1 Å². The fourth-order valence-electron chi connectivity index (χ4n) is 3.28. The fraction of sp³-hybridized carbons (Fsp3) is 0.750. The fourth-order valence-corrected chi connectivity index (χ4v) is 3.86. The Morgan fingerprint density at radius 2 is 2.09 bits per heavy atom. The molecule has 0 N–H and O–H groups in total. The summed E-state index contributed by atoms with van der Waals surface area (Å²) in [5.41, 5.74) is 1.43. The molecule has 0 aliphatic carbocycles. The second-order valence-electron chi connectivity index (χ2n) is 6.11. The summed E-state index contributed by atoms with van der Waals surface area (Å²) in [5.74, 6) is 0.601. The topological polar surface area (TPSA) is 56.6 Å². The molecule has 2 aliphatic heterocycles. The van der Waals surface area contributed by atoms with Crippen LogP contribution in [0.1, 0.15) is 55.1 Å². The molecule has 3 rings (SSSR count). The van der Waals surface area contributed by atoms with Gasteiger partial charge in [0, 0.05) is 32.0 Å². The smallest absolute Gasteiger partial charge is 0.345 e. The molecule has 0 spiro atoms. The van der Waals surface area contributed by atoms with Gasteiger partial charge in [0.1, 0.15) is 5.56 Å². The van der Waals surface area contributed by atoms with E-state index >= 15 is 0 Å². The third-order valence-corrected chi connectivity index (χ3v) is 5.45. The number of piperidine rings is 1. The lowest BCUT2D eigenvalue weighted by Crippen LogP contribution is -2.28. The lowest BCUT2D eigenvalue weighted by Gasteiger charge is -2.29. The molecule has 6 nitrogen and oxygen atoms in total. The Morgan fingerprint density at radius 3 is 2.74 bits per heavy atom. The van der Waals surface area contributed by atoms with Crippen LogP contribution in [0.25, 0.3) is 0 Å². The molecule has 3 heterocycles. The maximum Gasteiger partial charge on any atom is 0.345 e. The predicted octanol–water partition coefficient (Wildman–Crippen LogP) is 2.69. The van der Waals surface area contributed by atoms with Crippen molar-refractivity contribution in [2.75, 3.05) is 26.0 Å². The Hall–Kier alpha value is -1.21. The van der Waals surface area contributed by atoms with Crippen LogP contribution in [0.5, 0.6) is 5.88 Å². The van der Waals surface area contributed by atoms with E-state index in [4.69, 9.17) is 14.6 Å². The lowest BCUT2D eigenvalue weighted by molar-refractivity contribution is 0.0512. The van der Waals surface area contributed by atoms with Crippen LogP contribution in [0.2, 0.25) is 0 Å². The largest absolute Gasteiger partial charge is 0.474 e. The number of nitrogens with zero attached hydrogens (tertiary/aromatic N) is 3. The molecule has 1 fully saturated rings. The Bertz CT molecular complexity index is 567. The number of esters is 1. The number of hydrogen-bond donors (Lipinski definition) is 0. The van der Waals surface area contributed by atoms with E-state index in [1.54, 1.807) is 11.9 Å². The van der Waals surface area contributed by atoms with Gasteiger partial charge in [-0.3, -0.25) is 4.31 Å². The second kappa shape index (κ2) is 7.13. The predicted molar refractivity (Wildman–Crippen MR) is 90.0 cm³/mol. The van der Waals surface area contributed by atoms with Crippen molar-refractivity contribution in [2.24, 2.45) is 0 Å². The van der Waals surface area contributed by atoms with Crippen molar-refractivity contribution in [1.29, 1.82) is 0 Å². The zero-order valence-electron chi connectivity index (χ0n) is 14.1. The Kier molecular flexibility index (Phi) is 5.16. The summed E-state index contributed by atoms with van der Waals surface area (Å²) in [6, 6.07) is 0. The Balaban J connectivity index is 1.91. The van der Waals surface area contributed by atoms with Crippen LogP contribution in [0, 0.1) is 0 Å². The van der Waals surface area contributed by atoms with Crippen LogP contribution in [-0.2, 0) is 11.3 Å². The maximum atomic E-state index is 12.5. The minimum Gasteiger partial charge on any atom is -0.474 e. The molecule has 23 heavy (non-hydrogen) atoms. The summed E-state index contributed by atoms with van der Waals surface area (Å²) in [6.45, 7) is 7.06. The molecule has 0 aromatic carbocycles. The summed E-state index contributed by atoms with van der Waals surface area (Å²) in [5, 5.41) is 4.73. The highest BCUT2D eigenvalue weighted by Crippen LogP contribution is 2.37. The van der Waals surface area contributed by atoms with Crippen LogP contribution in [0.15, 0.2) is 0 Å². The van der Waals surface area contributed by atoms with Crippen LogP contribution in [0.4, 0.5) is 0 Å². The SMILES string of the molecule is CCOC(=O)c1c(C2CCN(SC)CC2)nn2c1O[C@H](C)CC2. The first-order chi connectivity index (χ1) is 11.1. The van der Waals surface area contributed by atoms with E-state index in [0.717, 1.165) is 44.6 Å². The number of aromatic nitrogens is 2. The van der Waals surface area contributed by atoms with Crippen LogP contribution < -0.4 is 4.74 Å². The number of hydrogen-bond acceptors (Lipinski definition) is 6. The third-order valence-electron chi connectivity index (χ3n) is 4.57. The van der Waals surface area contributed by atoms with E-state index in [1.165, 1.54) is 0 Å². The van der Waals surface area contributed by atoms with Gasteiger partial charge >= 0.3 is 5.97 Å². The van der Waals surface area contributed by atoms with Crippen molar-refractivity contribution in [3.8, 4) is 5.88 Å². The monoisotopic (exact) mass is 339 g/mol. The molecule has 0 amide bonds. The van der Waals surface area contributed by atoms with E-state index in [9.17, 15) is 4.79 Å². The molecule has 0 unspecified atom stereocenters. The van der Waals surface area contributed by atoms with Crippen molar-refractivity contribution in [3.05, 3.63) is 11.3 Å². The minimum atomic E-state index is -0.301. The van der Waals surface area contributed by atoms with Crippen LogP contribution in [-0.4, -0.2) is 52.1 Å². The minimum absolute atomic E-state index is 0.110. The molecule has 128 valence electrons. The molecule has 2 aliphatic rings. The normalized spacial score (nSPS) is 22.5. The first-order valence-corrected chi connectivity index (χ1v) is 9.55. The van der Waals surface area contributed by atoms with E-state index in [1.807, 2.05) is 18.5 Å². The number of ether oxygens (including phenoxy) is 2. The summed E-state index contributed by atoms with van der Waals surface area (Å²) in [4.78, 5) is 12.5. The van der Waals surface area contributed by atoms with Gasteiger partial charge in [-0.05, 0) is 32.9 Å². The molecule has 0 saturated carbocycles. The summed E-state index contributed by atoms with van der Waals surface area (Å²) >= 11 is 1.78. The van der Waals surface area contributed by atoms with Gasteiger partial charge in [0.25, 0.3) is 0 Å². The summed E-state index contributed by atoms with van der Waals surface area (Å²) < 4.78 is 15.4. The van der Waals surface area contributed by atoms with Crippen LogP contribution in [0.3, 0.4) is 0 Å². The van der Waals surface area contributed by atoms with Gasteiger partial charge in [0.15, 0.2) is 0 Å². The van der Waals surface area contributed by atoms with Crippen LogP contribution >= 0.6 is 11.9 Å². The third kappa shape index (κ3) is 3.35. The van der Waals surface area contributed by atoms with Gasteiger partial charge in [-0.15, -0.1) is 0 Å². The standard InChI is InChI=1S/C16H25N3O3S/c1-4-21-16(20)13-14(12-6-8-18(23-3)9-7-12)17-19-10-5-11(2)22-15(13)19/h11-12H,4-10H2,1-3H3/t11-/m1/s1. The highest BCUT2D eigenvalue weighted by atomic mass is 32.2. The molecule has 1 aromatic rings. The van der Waals surface area contributed by atoms with E-state index in [2.05, 4.69) is 10.6 Å². The van der Waals surface area contributed by atoms with Gasteiger partial charge < -0.3 is 9.47 Å². The van der Waals surface area contributed by atoms with Gasteiger partial charge in [-0.1, -0.05) is 11.9 Å². The zero-order chi connectivity index (χ0) is 16.4. The first kappa shape index (κ1) is 16.6. The second-order valence-corrected chi connectivity index (χ2v) is 6.99. The number of carbonyl (C=O) groups excluding carboxylic acids is 1. The molecular formula is C16H25N3O3S.